The molecule has 0 fully saturated rings. The van der Waals surface area contributed by atoms with Crippen LogP contribution in [0.5, 0.6) is 0 Å². The summed E-state index contributed by atoms with van der Waals surface area (Å²) in [5.41, 5.74) is 5.31. The molecule has 36 heavy (non-hydrogen) atoms. The van der Waals surface area contributed by atoms with E-state index in [0.29, 0.717) is 5.56 Å². The van der Waals surface area contributed by atoms with Crippen molar-refractivity contribution in [2.45, 2.75) is 33.2 Å². The zero-order valence-corrected chi connectivity index (χ0v) is 22.6. The van der Waals surface area contributed by atoms with E-state index >= 15 is 0 Å². The Bertz CT molecular complexity index is 1150. The van der Waals surface area contributed by atoms with E-state index in [1.54, 1.807) is 29.8 Å². The Morgan fingerprint density at radius 1 is 1.00 bits per heavy atom. The van der Waals surface area contributed by atoms with E-state index < -0.39 is 33.7 Å². The predicted molar refractivity (Wildman–Crippen MR) is 141 cm³/mol. The van der Waals surface area contributed by atoms with Gasteiger partial charge >= 0.3 is 0 Å². The SMILES string of the molecule is CC(C)C[C@@H](C(=O)NN(Cc1c(Cl)cccc1Cl)S(C)(=O)=O)[C@H](CC=Cc1ccccc1)C(=O)NO. The lowest BCUT2D eigenvalue weighted by Gasteiger charge is -2.29. The van der Waals surface area contributed by atoms with Crippen LogP contribution in [-0.4, -0.2) is 36.1 Å². The predicted octanol–water partition coefficient (Wildman–Crippen LogP) is 4.67. The minimum Gasteiger partial charge on any atom is -0.289 e. The van der Waals surface area contributed by atoms with Crippen LogP contribution in [0.3, 0.4) is 0 Å². The zero-order chi connectivity index (χ0) is 26.9. The molecule has 0 aromatic heterocycles. The first-order valence-electron chi connectivity index (χ1n) is 11.3. The van der Waals surface area contributed by atoms with Crippen LogP contribution in [0, 0.1) is 17.8 Å². The number of hydroxylamine groups is 1. The number of rotatable bonds is 12. The molecule has 2 aromatic rings. The molecule has 0 aliphatic heterocycles. The van der Waals surface area contributed by atoms with Gasteiger partial charge in [-0.2, -0.15) is 0 Å². The van der Waals surface area contributed by atoms with Gasteiger partial charge in [0, 0.05) is 15.6 Å². The molecule has 2 aromatic carbocycles. The lowest BCUT2D eigenvalue weighted by Crippen LogP contribution is -2.50. The fraction of sp³-hybridized carbons (Fsp3) is 0.360. The molecule has 0 bridgehead atoms. The zero-order valence-electron chi connectivity index (χ0n) is 20.3. The summed E-state index contributed by atoms with van der Waals surface area (Å²) in [5.74, 6) is -3.32. The van der Waals surface area contributed by atoms with E-state index in [0.717, 1.165) is 16.2 Å². The van der Waals surface area contributed by atoms with Gasteiger partial charge in [-0.3, -0.25) is 20.2 Å². The molecule has 0 aliphatic carbocycles. The third-order valence-electron chi connectivity index (χ3n) is 5.49. The molecule has 8 nitrogen and oxygen atoms in total. The third-order valence-corrected chi connectivity index (χ3v) is 7.22. The number of nitrogens with one attached hydrogen (secondary N) is 2. The number of benzene rings is 2. The molecule has 0 aliphatic rings. The molecule has 0 unspecified atom stereocenters. The molecule has 2 rings (SSSR count). The first-order valence-corrected chi connectivity index (χ1v) is 13.9. The topological polar surface area (TPSA) is 116 Å². The van der Waals surface area contributed by atoms with Gasteiger partial charge in [0.15, 0.2) is 0 Å². The molecule has 0 radical (unpaired) electrons. The van der Waals surface area contributed by atoms with Crippen molar-refractivity contribution in [3.63, 3.8) is 0 Å². The summed E-state index contributed by atoms with van der Waals surface area (Å²) in [6.45, 7) is 3.46. The molecule has 2 amide bonds. The van der Waals surface area contributed by atoms with Gasteiger partial charge in [-0.05, 0) is 36.5 Å². The molecule has 3 N–H and O–H groups in total. The van der Waals surface area contributed by atoms with Crippen LogP contribution in [0.25, 0.3) is 6.08 Å². The highest BCUT2D eigenvalue weighted by molar-refractivity contribution is 7.88. The maximum Gasteiger partial charge on any atom is 0.247 e. The van der Waals surface area contributed by atoms with Crippen molar-refractivity contribution in [2.75, 3.05) is 6.26 Å². The Balaban J connectivity index is 2.34. The van der Waals surface area contributed by atoms with E-state index in [4.69, 9.17) is 23.2 Å². The number of amides is 2. The second kappa shape index (κ2) is 13.8. The second-order valence-electron chi connectivity index (χ2n) is 8.81. The number of halogens is 2. The number of carbonyl (C=O) groups excluding carboxylic acids is 2. The van der Waals surface area contributed by atoms with Crippen molar-refractivity contribution < 1.29 is 23.2 Å². The van der Waals surface area contributed by atoms with Crippen molar-refractivity contribution in [3.8, 4) is 0 Å². The molecular weight excluding hydrogens is 525 g/mol. The highest BCUT2D eigenvalue weighted by atomic mass is 35.5. The average Bonchev–Trinajstić information content (AvgIpc) is 2.81. The fourth-order valence-corrected chi connectivity index (χ4v) is 4.82. The van der Waals surface area contributed by atoms with Gasteiger partial charge < -0.3 is 0 Å². The van der Waals surface area contributed by atoms with Crippen LogP contribution >= 0.6 is 23.2 Å². The van der Waals surface area contributed by atoms with Gasteiger partial charge in [-0.25, -0.2) is 13.9 Å². The number of hydrazine groups is 1. The first kappa shape index (κ1) is 29.8. The van der Waals surface area contributed by atoms with Crippen molar-refractivity contribution >= 4 is 51.1 Å². The highest BCUT2D eigenvalue weighted by Gasteiger charge is 2.35. The van der Waals surface area contributed by atoms with E-state index in [2.05, 4.69) is 5.43 Å². The summed E-state index contributed by atoms with van der Waals surface area (Å²) in [6, 6.07) is 14.2. The Labute approximate surface area is 222 Å². The Morgan fingerprint density at radius 2 is 1.61 bits per heavy atom. The maximum atomic E-state index is 13.4. The summed E-state index contributed by atoms with van der Waals surface area (Å²) < 4.78 is 25.8. The number of carbonyl (C=O) groups is 2. The van der Waals surface area contributed by atoms with E-state index in [-0.39, 0.29) is 35.3 Å². The van der Waals surface area contributed by atoms with Gasteiger partial charge in [0.1, 0.15) is 0 Å². The van der Waals surface area contributed by atoms with Crippen LogP contribution in [0.1, 0.15) is 37.8 Å². The molecule has 0 heterocycles. The number of nitrogens with zero attached hydrogens (tertiary/aromatic N) is 1. The number of allylic oxidation sites excluding steroid dienone is 1. The summed E-state index contributed by atoms with van der Waals surface area (Å²) in [6.07, 6.45) is 4.91. The van der Waals surface area contributed by atoms with E-state index in [1.165, 1.54) is 0 Å². The monoisotopic (exact) mass is 555 g/mol. The van der Waals surface area contributed by atoms with Crippen LogP contribution in [-0.2, 0) is 26.2 Å². The molecule has 0 spiro atoms. The highest BCUT2D eigenvalue weighted by Crippen LogP contribution is 2.28. The lowest BCUT2D eigenvalue weighted by molar-refractivity contribution is -0.142. The van der Waals surface area contributed by atoms with Gasteiger partial charge in [0.25, 0.3) is 0 Å². The quantitative estimate of drug-likeness (QED) is 0.260. The fourth-order valence-electron chi connectivity index (χ4n) is 3.69. The minimum atomic E-state index is -3.94. The summed E-state index contributed by atoms with van der Waals surface area (Å²) in [5, 5.41) is 9.85. The summed E-state index contributed by atoms with van der Waals surface area (Å²) >= 11 is 12.4. The van der Waals surface area contributed by atoms with Crippen LogP contribution in [0.15, 0.2) is 54.6 Å². The average molecular weight is 557 g/mol. The Hall–Kier alpha value is -2.43. The van der Waals surface area contributed by atoms with Crippen molar-refractivity contribution in [2.24, 2.45) is 17.8 Å². The third kappa shape index (κ3) is 8.90. The number of hydrogen-bond acceptors (Lipinski definition) is 5. The normalized spacial score (nSPS) is 13.7. The molecular formula is C25H31Cl2N3O5S. The van der Waals surface area contributed by atoms with Gasteiger partial charge in [0.2, 0.25) is 21.8 Å². The molecule has 0 saturated heterocycles. The van der Waals surface area contributed by atoms with Gasteiger partial charge in [0.05, 0.1) is 24.6 Å². The van der Waals surface area contributed by atoms with Gasteiger partial charge in [-0.15, -0.1) is 4.41 Å². The summed E-state index contributed by atoms with van der Waals surface area (Å²) in [7, 11) is -3.94. The summed E-state index contributed by atoms with van der Waals surface area (Å²) in [4.78, 5) is 26.0. The van der Waals surface area contributed by atoms with Crippen LogP contribution in [0.4, 0.5) is 0 Å². The van der Waals surface area contributed by atoms with Crippen molar-refractivity contribution in [1.29, 1.82) is 0 Å². The van der Waals surface area contributed by atoms with Crippen LogP contribution < -0.4 is 10.9 Å². The first-order chi connectivity index (χ1) is 16.9. The Morgan fingerprint density at radius 3 is 2.14 bits per heavy atom. The standard InChI is InChI=1S/C25H31Cl2N3O5S/c1-17(2)15-20(19(25(32)29-33)12-7-11-18-9-5-4-6-10-18)24(31)28-30(36(3,34)35)16-21-22(26)13-8-14-23(21)27/h4-11,13-14,17,19-20,33H,12,15-16H2,1-3H3,(H,28,31)(H,29,32)/t19-,20+/m0/s1. The number of hydrogen-bond donors (Lipinski definition) is 3. The molecule has 2 atom stereocenters. The lowest BCUT2D eigenvalue weighted by atomic mass is 9.82. The van der Waals surface area contributed by atoms with E-state index in [9.17, 15) is 23.2 Å². The van der Waals surface area contributed by atoms with E-state index in [1.807, 2.05) is 50.3 Å². The molecule has 0 saturated carbocycles. The minimum absolute atomic E-state index is 0.00228. The molecule has 196 valence electrons. The smallest absolute Gasteiger partial charge is 0.247 e. The maximum absolute atomic E-state index is 13.4. The second-order valence-corrected chi connectivity index (χ2v) is 11.5. The number of sulfonamides is 1. The van der Waals surface area contributed by atoms with Crippen molar-refractivity contribution in [1.82, 2.24) is 15.3 Å². The largest absolute Gasteiger partial charge is 0.289 e. The van der Waals surface area contributed by atoms with Crippen LogP contribution in [0.2, 0.25) is 10.0 Å². The van der Waals surface area contributed by atoms with Gasteiger partial charge in [-0.1, -0.05) is 85.6 Å². The Kier molecular flexibility index (Phi) is 11.4. The molecule has 11 heteroatoms. The van der Waals surface area contributed by atoms with Crippen molar-refractivity contribution in [3.05, 3.63) is 75.8 Å².